The highest BCUT2D eigenvalue weighted by Crippen LogP contribution is 2.39. The van der Waals surface area contributed by atoms with Gasteiger partial charge in [0, 0.05) is 22.7 Å². The van der Waals surface area contributed by atoms with Gasteiger partial charge in [0.25, 0.3) is 0 Å². The van der Waals surface area contributed by atoms with Gasteiger partial charge in [0.05, 0.1) is 31.0 Å². The van der Waals surface area contributed by atoms with Gasteiger partial charge in [-0.1, -0.05) is 12.1 Å². The molecule has 0 aliphatic carbocycles. The quantitative estimate of drug-likeness (QED) is 0.117. The number of methoxy groups -OCH3 is 2. The van der Waals surface area contributed by atoms with E-state index in [1.165, 1.54) is 44.7 Å². The fourth-order valence-corrected chi connectivity index (χ4v) is 4.90. The first kappa shape index (κ1) is 27.9. The number of fused-ring (bicyclic) bond motifs is 1. The molecule has 210 valence electrons. The van der Waals surface area contributed by atoms with Crippen LogP contribution in [-0.4, -0.2) is 28.4 Å². The van der Waals surface area contributed by atoms with Gasteiger partial charge in [-0.15, -0.1) is 0 Å². The first-order chi connectivity index (χ1) is 19.6. The minimum absolute atomic E-state index is 0.119. The van der Waals surface area contributed by atoms with Gasteiger partial charge in [0.2, 0.25) is 51.8 Å². The van der Waals surface area contributed by atoms with Crippen LogP contribution in [0.4, 0.5) is 26.3 Å². The Labute approximate surface area is 230 Å². The van der Waals surface area contributed by atoms with Crippen molar-refractivity contribution in [2.24, 2.45) is 0 Å². The van der Waals surface area contributed by atoms with Crippen molar-refractivity contribution in [3.8, 4) is 39.8 Å². The summed E-state index contributed by atoms with van der Waals surface area (Å²) in [7, 11) is 2.84. The molecule has 1 unspecified atom stereocenters. The summed E-state index contributed by atoms with van der Waals surface area (Å²) in [5, 5.41) is 1.00. The average Bonchev–Trinajstić information content (AvgIpc) is 3.00. The van der Waals surface area contributed by atoms with Crippen LogP contribution in [0.1, 0.15) is 0 Å². The Morgan fingerprint density at radius 1 is 0.732 bits per heavy atom. The van der Waals surface area contributed by atoms with Crippen LogP contribution >= 0.6 is 0 Å². The van der Waals surface area contributed by atoms with Crippen LogP contribution in [0.3, 0.4) is 0 Å². The lowest BCUT2D eigenvalue weighted by Gasteiger charge is -2.14. The summed E-state index contributed by atoms with van der Waals surface area (Å²) >= 11 is -2.65. The lowest BCUT2D eigenvalue weighted by Crippen LogP contribution is -2.09. The molecular formula is C28H16F6N2O4S. The molecule has 0 radical (unpaired) electrons. The second-order valence-corrected chi connectivity index (χ2v) is 9.49. The molecule has 5 rings (SSSR count). The van der Waals surface area contributed by atoms with E-state index in [0.717, 1.165) is 6.20 Å². The molecule has 0 amide bonds. The normalized spacial score (nSPS) is 11.9. The zero-order valence-electron chi connectivity index (χ0n) is 21.0. The number of hydrogen-bond donors (Lipinski definition) is 0. The van der Waals surface area contributed by atoms with Gasteiger partial charge in [0.1, 0.15) is 11.6 Å². The minimum Gasteiger partial charge on any atom is -0.496 e. The number of aromatic nitrogens is 2. The maximum atomic E-state index is 14.0. The monoisotopic (exact) mass is 590 g/mol. The summed E-state index contributed by atoms with van der Waals surface area (Å²) in [6.45, 7) is 0. The lowest BCUT2D eigenvalue weighted by atomic mass is 9.99. The fourth-order valence-electron chi connectivity index (χ4n) is 4.11. The number of benzene rings is 3. The van der Waals surface area contributed by atoms with E-state index >= 15 is 0 Å². The summed E-state index contributed by atoms with van der Waals surface area (Å²) < 4.78 is 110. The maximum absolute atomic E-state index is 14.0. The zero-order chi connectivity index (χ0) is 29.4. The Balaban J connectivity index is 1.52. The molecule has 0 aliphatic rings. The van der Waals surface area contributed by atoms with Crippen molar-refractivity contribution in [2.75, 3.05) is 14.2 Å². The van der Waals surface area contributed by atoms with Gasteiger partial charge in [-0.25, -0.2) is 26.8 Å². The second kappa shape index (κ2) is 11.1. The number of nitrogens with zero attached hydrogens (tertiary/aromatic N) is 2. The van der Waals surface area contributed by atoms with E-state index in [2.05, 4.69) is 14.2 Å². The van der Waals surface area contributed by atoms with Gasteiger partial charge in [-0.2, -0.15) is 8.78 Å². The molecule has 0 aliphatic heterocycles. The maximum Gasteiger partial charge on any atom is 0.240 e. The van der Waals surface area contributed by atoms with Crippen LogP contribution in [0, 0.1) is 34.9 Å². The van der Waals surface area contributed by atoms with Gasteiger partial charge in [-0.3, -0.25) is 4.98 Å². The van der Waals surface area contributed by atoms with Crippen molar-refractivity contribution < 1.29 is 44.2 Å². The standard InChI is InChI=1S/C28H16F6N2O4S/c1-38-20-10-13(19-11-15(29)12-36-28(19)39-2)3-5-18(20)26-17-6-4-16(9-14(17)7-8-35-26)41(37)40-27-24(33)22(31)21(30)23(32)25(27)34/h3-12H,1-2H3. The van der Waals surface area contributed by atoms with E-state index in [0.29, 0.717) is 38.9 Å². The Kier molecular flexibility index (Phi) is 7.54. The van der Waals surface area contributed by atoms with Gasteiger partial charge >= 0.3 is 0 Å². The minimum atomic E-state index is -2.65. The number of pyridine rings is 2. The Bertz CT molecular complexity index is 1820. The Hall–Kier alpha value is -4.65. The van der Waals surface area contributed by atoms with Crippen molar-refractivity contribution in [1.82, 2.24) is 9.97 Å². The number of rotatable bonds is 7. The third kappa shape index (κ3) is 5.04. The highest BCUT2D eigenvalue weighted by atomic mass is 32.2. The molecule has 6 nitrogen and oxygen atoms in total. The zero-order valence-corrected chi connectivity index (χ0v) is 21.8. The summed E-state index contributed by atoms with van der Waals surface area (Å²) in [5.41, 5.74) is 1.92. The van der Waals surface area contributed by atoms with Gasteiger partial charge in [0.15, 0.2) is 0 Å². The largest absolute Gasteiger partial charge is 0.496 e. The van der Waals surface area contributed by atoms with E-state index in [-0.39, 0.29) is 10.8 Å². The van der Waals surface area contributed by atoms with Crippen LogP contribution in [0.25, 0.3) is 33.2 Å². The third-order valence-electron chi connectivity index (χ3n) is 6.04. The average molecular weight is 591 g/mol. The van der Waals surface area contributed by atoms with E-state index in [1.54, 1.807) is 24.3 Å². The highest BCUT2D eigenvalue weighted by molar-refractivity contribution is 7.80. The second-order valence-electron chi connectivity index (χ2n) is 8.39. The molecule has 0 spiro atoms. The molecule has 2 heterocycles. The molecule has 2 aromatic heterocycles. The van der Waals surface area contributed by atoms with E-state index < -0.39 is 51.7 Å². The molecule has 0 bridgehead atoms. The van der Waals surface area contributed by atoms with Gasteiger partial charge < -0.3 is 13.7 Å². The number of halogens is 6. The number of ether oxygens (including phenoxy) is 2. The van der Waals surface area contributed by atoms with Crippen molar-refractivity contribution >= 4 is 21.9 Å². The molecule has 0 saturated carbocycles. The van der Waals surface area contributed by atoms with E-state index in [4.69, 9.17) is 9.47 Å². The SMILES string of the molecule is COc1cc(-c2cc(F)cnc2OC)ccc1-c1nccc2cc(S(=O)Oc3c(F)c(F)c(F)c(F)c3F)ccc12. The third-order valence-corrected chi connectivity index (χ3v) is 6.99. The molecule has 5 aromatic rings. The predicted octanol–water partition coefficient (Wildman–Crippen LogP) is 6.92. The highest BCUT2D eigenvalue weighted by Gasteiger charge is 2.29. The van der Waals surface area contributed by atoms with Gasteiger partial charge in [-0.05, 0) is 47.3 Å². The number of hydrogen-bond acceptors (Lipinski definition) is 6. The Morgan fingerprint density at radius 2 is 1.44 bits per heavy atom. The molecule has 13 heteroatoms. The first-order valence-corrected chi connectivity index (χ1v) is 12.6. The molecule has 1 atom stereocenters. The molecule has 0 saturated heterocycles. The molecule has 0 N–H and O–H groups in total. The Morgan fingerprint density at radius 3 is 2.12 bits per heavy atom. The van der Waals surface area contributed by atoms with Crippen molar-refractivity contribution in [3.05, 3.63) is 95.8 Å². The van der Waals surface area contributed by atoms with Crippen LogP contribution in [-0.2, 0) is 11.1 Å². The predicted molar refractivity (Wildman–Crippen MR) is 137 cm³/mol. The van der Waals surface area contributed by atoms with E-state index in [1.807, 2.05) is 0 Å². The summed E-state index contributed by atoms with van der Waals surface area (Å²) in [5.74, 6) is -12.9. The lowest BCUT2D eigenvalue weighted by molar-refractivity contribution is 0.352. The van der Waals surface area contributed by atoms with E-state index in [9.17, 15) is 30.6 Å². The summed E-state index contributed by atoms with van der Waals surface area (Å²) in [4.78, 5) is 8.25. The summed E-state index contributed by atoms with van der Waals surface area (Å²) in [6, 6.07) is 12.0. The smallest absolute Gasteiger partial charge is 0.240 e. The molecular weight excluding hydrogens is 574 g/mol. The fraction of sp³-hybridized carbons (Fsp3) is 0.0714. The summed E-state index contributed by atoms with van der Waals surface area (Å²) in [6.07, 6.45) is 2.48. The van der Waals surface area contributed by atoms with Crippen LogP contribution in [0.15, 0.2) is 65.8 Å². The van der Waals surface area contributed by atoms with Crippen molar-refractivity contribution in [1.29, 1.82) is 0 Å². The topological polar surface area (TPSA) is 70.5 Å². The van der Waals surface area contributed by atoms with Crippen molar-refractivity contribution in [2.45, 2.75) is 4.90 Å². The van der Waals surface area contributed by atoms with Crippen molar-refractivity contribution in [3.63, 3.8) is 0 Å². The molecule has 41 heavy (non-hydrogen) atoms. The van der Waals surface area contributed by atoms with Crippen LogP contribution < -0.4 is 13.7 Å². The molecule has 3 aromatic carbocycles. The molecule has 0 fully saturated rings. The van der Waals surface area contributed by atoms with Crippen LogP contribution in [0.2, 0.25) is 0 Å². The first-order valence-electron chi connectivity index (χ1n) is 11.5. The van der Waals surface area contributed by atoms with Crippen LogP contribution in [0.5, 0.6) is 17.4 Å².